The number of hydrogen-bond acceptors (Lipinski definition) is 3. The van der Waals surface area contributed by atoms with Crippen molar-refractivity contribution in [1.29, 1.82) is 0 Å². The Labute approximate surface area is 207 Å². The molecule has 1 aliphatic heterocycles. The molecule has 2 fully saturated rings. The fraction of sp³-hybridized carbons (Fsp3) is 0.312. The van der Waals surface area contributed by atoms with E-state index in [0.29, 0.717) is 11.8 Å². The summed E-state index contributed by atoms with van der Waals surface area (Å²) < 4.78 is 6.50. The standard InChI is InChI=1S/C32H30N2O/c1-2-9-30-27(8-1)32(28-13-12-21(18-31(28)35-30)24-6-5-14-33-20-24)25-16-22-10-11-23(17-25)29(22)19-26-7-3-4-15-34-26/h1-9,12-15,18,20,22-23,25,29,32H,10-11,16-17,19H2. The van der Waals surface area contributed by atoms with E-state index in [0.717, 1.165) is 46.8 Å². The Kier molecular flexibility index (Phi) is 5.15. The van der Waals surface area contributed by atoms with Crippen LogP contribution in [0.1, 0.15) is 48.4 Å². The maximum atomic E-state index is 6.50. The Morgan fingerprint density at radius 2 is 1.54 bits per heavy atom. The lowest BCUT2D eigenvalue weighted by Crippen LogP contribution is -2.32. The average molecular weight is 459 g/mol. The molecule has 3 unspecified atom stereocenters. The van der Waals surface area contributed by atoms with Crippen molar-refractivity contribution in [3.63, 3.8) is 0 Å². The van der Waals surface area contributed by atoms with Crippen LogP contribution in [0.4, 0.5) is 0 Å². The lowest BCUT2D eigenvalue weighted by Gasteiger charge is -2.41. The van der Waals surface area contributed by atoms with Crippen LogP contribution in [-0.2, 0) is 6.42 Å². The number of ether oxygens (including phenoxy) is 1. The van der Waals surface area contributed by atoms with Crippen molar-refractivity contribution < 1.29 is 4.74 Å². The van der Waals surface area contributed by atoms with Gasteiger partial charge in [0.25, 0.3) is 0 Å². The molecule has 3 nitrogen and oxygen atoms in total. The molecule has 2 saturated carbocycles. The molecule has 35 heavy (non-hydrogen) atoms. The molecule has 3 heteroatoms. The normalized spacial score (nSPS) is 26.5. The molecule has 3 heterocycles. The van der Waals surface area contributed by atoms with E-state index in [1.54, 1.807) is 0 Å². The average Bonchev–Trinajstić information content (AvgIpc) is 3.14. The first-order valence-corrected chi connectivity index (χ1v) is 13.0. The van der Waals surface area contributed by atoms with E-state index in [4.69, 9.17) is 4.74 Å². The second-order valence-electron chi connectivity index (χ2n) is 10.6. The van der Waals surface area contributed by atoms with Crippen molar-refractivity contribution in [2.24, 2.45) is 23.7 Å². The van der Waals surface area contributed by atoms with E-state index in [1.165, 1.54) is 42.5 Å². The van der Waals surface area contributed by atoms with Gasteiger partial charge in [0.2, 0.25) is 0 Å². The van der Waals surface area contributed by atoms with Crippen LogP contribution in [0.15, 0.2) is 91.4 Å². The van der Waals surface area contributed by atoms with Crippen molar-refractivity contribution in [3.05, 3.63) is 108 Å². The van der Waals surface area contributed by atoms with Gasteiger partial charge >= 0.3 is 0 Å². The van der Waals surface area contributed by atoms with Gasteiger partial charge in [-0.3, -0.25) is 9.97 Å². The molecular weight excluding hydrogens is 428 g/mol. The summed E-state index contributed by atoms with van der Waals surface area (Å²) in [5.74, 6) is 5.47. The Hall–Kier alpha value is -3.46. The van der Waals surface area contributed by atoms with Gasteiger partial charge in [-0.05, 0) is 91.7 Å². The summed E-state index contributed by atoms with van der Waals surface area (Å²) in [5.41, 5.74) is 6.26. The number of rotatable bonds is 4. The van der Waals surface area contributed by atoms with Crippen molar-refractivity contribution in [2.75, 3.05) is 0 Å². The van der Waals surface area contributed by atoms with Crippen LogP contribution in [0.25, 0.3) is 11.1 Å². The Bertz CT molecular complexity index is 1320. The van der Waals surface area contributed by atoms with Gasteiger partial charge in [-0.15, -0.1) is 0 Å². The molecule has 4 aromatic rings. The molecule has 0 radical (unpaired) electrons. The van der Waals surface area contributed by atoms with E-state index in [-0.39, 0.29) is 0 Å². The zero-order valence-corrected chi connectivity index (χ0v) is 19.9. The Morgan fingerprint density at radius 3 is 2.34 bits per heavy atom. The van der Waals surface area contributed by atoms with Gasteiger partial charge < -0.3 is 4.74 Å². The molecule has 2 aromatic carbocycles. The van der Waals surface area contributed by atoms with Gasteiger partial charge in [0.15, 0.2) is 0 Å². The summed E-state index contributed by atoms with van der Waals surface area (Å²) in [5, 5.41) is 0. The minimum atomic E-state index is 0.400. The molecular formula is C32H30N2O. The van der Waals surface area contributed by atoms with Crippen LogP contribution in [0.5, 0.6) is 11.5 Å². The predicted octanol–water partition coefficient (Wildman–Crippen LogP) is 7.68. The lowest BCUT2D eigenvalue weighted by molar-refractivity contribution is 0.153. The number of nitrogens with zero attached hydrogens (tertiary/aromatic N) is 2. The van der Waals surface area contributed by atoms with Crippen LogP contribution < -0.4 is 4.74 Å². The third-order valence-corrected chi connectivity index (χ3v) is 8.79. The predicted molar refractivity (Wildman–Crippen MR) is 138 cm³/mol. The van der Waals surface area contributed by atoms with Gasteiger partial charge in [-0.1, -0.05) is 42.5 Å². The van der Waals surface area contributed by atoms with Gasteiger partial charge in [-0.25, -0.2) is 0 Å². The first-order valence-electron chi connectivity index (χ1n) is 13.0. The van der Waals surface area contributed by atoms with Gasteiger partial charge in [0, 0.05) is 46.9 Å². The summed E-state index contributed by atoms with van der Waals surface area (Å²) in [6.07, 6.45) is 12.2. The fourth-order valence-corrected chi connectivity index (χ4v) is 7.28. The fourth-order valence-electron chi connectivity index (χ4n) is 7.28. The molecule has 3 atom stereocenters. The van der Waals surface area contributed by atoms with Crippen molar-refractivity contribution in [3.8, 4) is 22.6 Å². The number of para-hydroxylation sites is 1. The second kappa shape index (κ2) is 8.64. The monoisotopic (exact) mass is 458 g/mol. The van der Waals surface area contributed by atoms with E-state index in [1.807, 2.05) is 30.7 Å². The summed E-state index contributed by atoms with van der Waals surface area (Å²) in [4.78, 5) is 8.96. The molecule has 7 rings (SSSR count). The zero-order chi connectivity index (χ0) is 23.2. The first-order chi connectivity index (χ1) is 17.3. The summed E-state index contributed by atoms with van der Waals surface area (Å²) >= 11 is 0. The first kappa shape index (κ1) is 20.9. The quantitative estimate of drug-likeness (QED) is 0.315. The third kappa shape index (κ3) is 3.74. The van der Waals surface area contributed by atoms with Crippen LogP contribution in [0, 0.1) is 23.7 Å². The number of hydrogen-bond donors (Lipinski definition) is 0. The molecule has 2 bridgehead atoms. The highest BCUT2D eigenvalue weighted by Gasteiger charge is 2.46. The molecule has 0 N–H and O–H groups in total. The minimum absolute atomic E-state index is 0.400. The lowest BCUT2D eigenvalue weighted by atomic mass is 9.64. The van der Waals surface area contributed by atoms with E-state index < -0.39 is 0 Å². The molecule has 0 spiro atoms. The van der Waals surface area contributed by atoms with Crippen LogP contribution >= 0.6 is 0 Å². The maximum absolute atomic E-state index is 6.50. The minimum Gasteiger partial charge on any atom is -0.457 e. The molecule has 3 aliphatic rings. The van der Waals surface area contributed by atoms with Gasteiger partial charge in [-0.2, -0.15) is 0 Å². The smallest absolute Gasteiger partial charge is 0.131 e. The van der Waals surface area contributed by atoms with Crippen molar-refractivity contribution in [2.45, 2.75) is 38.0 Å². The number of pyridine rings is 2. The highest BCUT2D eigenvalue weighted by Crippen LogP contribution is 2.57. The van der Waals surface area contributed by atoms with Crippen molar-refractivity contribution >= 4 is 0 Å². The molecule has 0 saturated heterocycles. The number of aromatic nitrogens is 2. The van der Waals surface area contributed by atoms with Crippen LogP contribution in [0.2, 0.25) is 0 Å². The van der Waals surface area contributed by atoms with Crippen LogP contribution in [-0.4, -0.2) is 9.97 Å². The molecule has 0 amide bonds. The Morgan fingerprint density at radius 1 is 0.714 bits per heavy atom. The molecule has 2 aliphatic carbocycles. The van der Waals surface area contributed by atoms with Gasteiger partial charge in [0.1, 0.15) is 11.5 Å². The summed E-state index contributed by atoms with van der Waals surface area (Å²) in [6.45, 7) is 0. The zero-order valence-electron chi connectivity index (χ0n) is 19.9. The summed E-state index contributed by atoms with van der Waals surface area (Å²) in [6, 6.07) is 26.0. The Balaban J connectivity index is 1.22. The second-order valence-corrected chi connectivity index (χ2v) is 10.6. The topological polar surface area (TPSA) is 35.0 Å². The van der Waals surface area contributed by atoms with Gasteiger partial charge in [0.05, 0.1) is 0 Å². The maximum Gasteiger partial charge on any atom is 0.131 e. The highest BCUT2D eigenvalue weighted by atomic mass is 16.5. The van der Waals surface area contributed by atoms with Crippen molar-refractivity contribution in [1.82, 2.24) is 9.97 Å². The SMILES string of the molecule is c1ccc(CC2C3CCC2CC(C2c4ccccc4Oc4cc(-c5cccnc5)ccc42)C3)nc1. The summed E-state index contributed by atoms with van der Waals surface area (Å²) in [7, 11) is 0. The van der Waals surface area contributed by atoms with Crippen LogP contribution in [0.3, 0.4) is 0 Å². The third-order valence-electron chi connectivity index (χ3n) is 8.79. The van der Waals surface area contributed by atoms with E-state index in [9.17, 15) is 0 Å². The number of benzene rings is 2. The number of fused-ring (bicyclic) bond motifs is 4. The largest absolute Gasteiger partial charge is 0.457 e. The highest BCUT2D eigenvalue weighted by molar-refractivity contribution is 5.67. The van der Waals surface area contributed by atoms with E-state index >= 15 is 0 Å². The molecule has 174 valence electrons. The molecule has 2 aromatic heterocycles. The van der Waals surface area contributed by atoms with E-state index in [2.05, 4.69) is 70.6 Å².